The molecule has 0 unspecified atom stereocenters. The molecule has 0 bridgehead atoms. The molecule has 0 aromatic carbocycles. The average Bonchev–Trinajstić information content (AvgIpc) is 3.24. The van der Waals surface area contributed by atoms with Crippen LogP contribution >= 0.6 is 11.8 Å². The molecule has 6 nitrogen and oxygen atoms in total. The first-order chi connectivity index (χ1) is 11.8. The minimum absolute atomic E-state index is 0.0503. The molecule has 2 heterocycles. The molecule has 0 spiro atoms. The van der Waals surface area contributed by atoms with E-state index in [4.69, 9.17) is 4.74 Å². The summed E-state index contributed by atoms with van der Waals surface area (Å²) in [6, 6.07) is 2.37. The molecular formula is C17H23NO5S2. The Morgan fingerprint density at radius 2 is 2.00 bits per heavy atom. The van der Waals surface area contributed by atoms with E-state index in [0.29, 0.717) is 18.0 Å². The lowest BCUT2D eigenvalue weighted by atomic mass is 10.1. The minimum Gasteiger partial charge on any atom is -0.457 e. The molecule has 1 atom stereocenters. The summed E-state index contributed by atoms with van der Waals surface area (Å²) in [6.45, 7) is 3.65. The van der Waals surface area contributed by atoms with Crippen LogP contribution < -0.4 is 0 Å². The van der Waals surface area contributed by atoms with Crippen LogP contribution in [0.2, 0.25) is 0 Å². The van der Waals surface area contributed by atoms with Crippen LogP contribution in [0.4, 0.5) is 0 Å². The number of carbonyl (C=O) groups is 2. The number of aromatic nitrogens is 1. The summed E-state index contributed by atoms with van der Waals surface area (Å²) in [6.07, 6.45) is 2.87. The number of esters is 1. The first-order valence-electron chi connectivity index (χ1n) is 8.46. The second-order valence-corrected chi connectivity index (χ2v) is 10.3. The number of hydrogen-bond donors (Lipinski definition) is 0. The highest BCUT2D eigenvalue weighted by atomic mass is 32.2. The van der Waals surface area contributed by atoms with Crippen molar-refractivity contribution in [2.75, 3.05) is 23.9 Å². The molecule has 2 aliphatic rings. The number of aryl methyl sites for hydroxylation is 1. The third kappa shape index (κ3) is 4.47. The van der Waals surface area contributed by atoms with Crippen LogP contribution in [0.1, 0.15) is 47.1 Å². The van der Waals surface area contributed by atoms with Crippen molar-refractivity contribution in [3.05, 3.63) is 23.0 Å². The Balaban J connectivity index is 1.47. The average molecular weight is 386 g/mol. The summed E-state index contributed by atoms with van der Waals surface area (Å²) in [5, 5.41) is -0.0503. The maximum atomic E-state index is 12.3. The van der Waals surface area contributed by atoms with E-state index in [-0.39, 0.29) is 34.9 Å². The second-order valence-electron chi connectivity index (χ2n) is 6.81. The Kier molecular flexibility index (Phi) is 5.29. The molecule has 1 aromatic heterocycles. The van der Waals surface area contributed by atoms with Gasteiger partial charge in [0, 0.05) is 28.2 Å². The zero-order valence-corrected chi connectivity index (χ0v) is 16.1. The van der Waals surface area contributed by atoms with E-state index in [0.717, 1.165) is 24.2 Å². The molecule has 138 valence electrons. The molecule has 1 saturated heterocycles. The van der Waals surface area contributed by atoms with Gasteiger partial charge in [0.25, 0.3) is 0 Å². The van der Waals surface area contributed by atoms with Gasteiger partial charge in [-0.2, -0.15) is 0 Å². The molecule has 0 radical (unpaired) electrons. The number of thioether (sulfide) groups is 1. The van der Waals surface area contributed by atoms with Crippen LogP contribution in [0, 0.1) is 13.8 Å². The van der Waals surface area contributed by atoms with Crippen molar-refractivity contribution in [3.8, 4) is 0 Å². The fourth-order valence-electron chi connectivity index (χ4n) is 3.30. The molecule has 1 saturated carbocycles. The fourth-order valence-corrected chi connectivity index (χ4v) is 6.74. The number of sulfone groups is 1. The Morgan fingerprint density at radius 1 is 1.28 bits per heavy atom. The van der Waals surface area contributed by atoms with Crippen molar-refractivity contribution < 1.29 is 22.7 Å². The number of hydrogen-bond acceptors (Lipinski definition) is 6. The highest BCUT2D eigenvalue weighted by Crippen LogP contribution is 2.38. The SMILES string of the molecule is Cc1cc(C(=O)COC(=O)CS[C@@H]2CCS(=O)(=O)C2)c(C)n1C1CC1. The van der Waals surface area contributed by atoms with Gasteiger partial charge in [-0.1, -0.05) is 0 Å². The summed E-state index contributed by atoms with van der Waals surface area (Å²) in [5.74, 6) is -0.277. The monoisotopic (exact) mass is 385 g/mol. The van der Waals surface area contributed by atoms with Crippen LogP contribution in [0.25, 0.3) is 0 Å². The highest BCUT2D eigenvalue weighted by molar-refractivity contribution is 8.02. The van der Waals surface area contributed by atoms with Gasteiger partial charge in [0.2, 0.25) is 5.78 Å². The Hall–Kier alpha value is -1.28. The number of nitrogens with zero attached hydrogens (tertiary/aromatic N) is 1. The molecule has 2 fully saturated rings. The van der Waals surface area contributed by atoms with E-state index in [1.54, 1.807) is 0 Å². The lowest BCUT2D eigenvalue weighted by Crippen LogP contribution is -2.18. The van der Waals surface area contributed by atoms with Crippen molar-refractivity contribution in [1.29, 1.82) is 0 Å². The first kappa shape index (κ1) is 18.5. The summed E-state index contributed by atoms with van der Waals surface area (Å²) in [7, 11) is -2.94. The molecule has 1 aromatic rings. The Labute approximate surface area is 152 Å². The predicted molar refractivity (Wildman–Crippen MR) is 97.0 cm³/mol. The highest BCUT2D eigenvalue weighted by Gasteiger charge is 2.30. The molecule has 1 aliphatic carbocycles. The number of Topliss-reactive ketones (excluding diaryl/α,β-unsaturated/α-hetero) is 1. The maximum absolute atomic E-state index is 12.3. The van der Waals surface area contributed by atoms with Crippen LogP contribution in [0.5, 0.6) is 0 Å². The van der Waals surface area contributed by atoms with Crippen molar-refractivity contribution in [1.82, 2.24) is 4.57 Å². The smallest absolute Gasteiger partial charge is 0.316 e. The normalized spacial score (nSPS) is 22.1. The van der Waals surface area contributed by atoms with Gasteiger partial charge in [-0.15, -0.1) is 11.8 Å². The van der Waals surface area contributed by atoms with Gasteiger partial charge in [-0.3, -0.25) is 9.59 Å². The number of carbonyl (C=O) groups excluding carboxylic acids is 2. The van der Waals surface area contributed by atoms with E-state index in [1.807, 2.05) is 19.9 Å². The molecule has 0 N–H and O–H groups in total. The molecule has 8 heteroatoms. The van der Waals surface area contributed by atoms with Crippen molar-refractivity contribution in [2.45, 2.75) is 44.4 Å². The predicted octanol–water partition coefficient (Wildman–Crippen LogP) is 2.09. The number of ketones is 1. The summed E-state index contributed by atoms with van der Waals surface area (Å²) in [4.78, 5) is 24.2. The third-order valence-corrected chi connectivity index (χ3v) is 7.94. The van der Waals surface area contributed by atoms with E-state index in [9.17, 15) is 18.0 Å². The topological polar surface area (TPSA) is 82.4 Å². The van der Waals surface area contributed by atoms with Gasteiger partial charge in [-0.05, 0) is 39.2 Å². The summed E-state index contributed by atoms with van der Waals surface area (Å²) < 4.78 is 30.1. The van der Waals surface area contributed by atoms with Gasteiger partial charge >= 0.3 is 5.97 Å². The number of ether oxygens (including phenoxy) is 1. The van der Waals surface area contributed by atoms with Crippen molar-refractivity contribution in [3.63, 3.8) is 0 Å². The molecule has 3 rings (SSSR count). The molecule has 1 aliphatic heterocycles. The van der Waals surface area contributed by atoms with Crippen LogP contribution in [-0.2, 0) is 19.4 Å². The largest absolute Gasteiger partial charge is 0.457 e. The van der Waals surface area contributed by atoms with Crippen molar-refractivity contribution >= 4 is 33.4 Å². The van der Waals surface area contributed by atoms with Crippen LogP contribution in [0.15, 0.2) is 6.07 Å². The first-order valence-corrected chi connectivity index (χ1v) is 11.3. The van der Waals surface area contributed by atoms with Crippen molar-refractivity contribution in [2.24, 2.45) is 0 Å². The molecule has 0 amide bonds. The van der Waals surface area contributed by atoms with Gasteiger partial charge in [0.05, 0.1) is 17.3 Å². The van der Waals surface area contributed by atoms with Gasteiger partial charge in [-0.25, -0.2) is 8.42 Å². The number of rotatable bonds is 7. The van der Waals surface area contributed by atoms with Gasteiger partial charge in [0.15, 0.2) is 16.4 Å². The van der Waals surface area contributed by atoms with E-state index < -0.39 is 15.8 Å². The molecule has 25 heavy (non-hydrogen) atoms. The fraction of sp³-hybridized carbons (Fsp3) is 0.647. The summed E-state index contributed by atoms with van der Waals surface area (Å²) >= 11 is 1.29. The standard InChI is InChI=1S/C17H23NO5S2/c1-11-7-15(12(2)18(11)13-3-4-13)16(19)8-23-17(20)9-24-14-5-6-25(21,22)10-14/h7,13-14H,3-6,8-10H2,1-2H3/t14-/m1/s1. The van der Waals surface area contributed by atoms with Crippen LogP contribution in [0.3, 0.4) is 0 Å². The van der Waals surface area contributed by atoms with Crippen LogP contribution in [-0.4, -0.2) is 53.9 Å². The van der Waals surface area contributed by atoms with E-state index in [2.05, 4.69) is 4.57 Å². The second kappa shape index (κ2) is 7.15. The quantitative estimate of drug-likeness (QED) is 0.528. The zero-order valence-electron chi connectivity index (χ0n) is 14.5. The molecular weight excluding hydrogens is 362 g/mol. The lowest BCUT2D eigenvalue weighted by Gasteiger charge is -2.09. The Morgan fingerprint density at radius 3 is 2.60 bits per heavy atom. The van der Waals surface area contributed by atoms with Gasteiger partial charge < -0.3 is 9.30 Å². The van der Waals surface area contributed by atoms with E-state index in [1.165, 1.54) is 11.8 Å². The van der Waals surface area contributed by atoms with Gasteiger partial charge in [0.1, 0.15) is 0 Å². The zero-order chi connectivity index (χ0) is 18.2. The minimum atomic E-state index is -2.94. The third-order valence-electron chi connectivity index (χ3n) is 4.69. The summed E-state index contributed by atoms with van der Waals surface area (Å²) in [5.41, 5.74) is 2.62. The maximum Gasteiger partial charge on any atom is 0.316 e. The lowest BCUT2D eigenvalue weighted by molar-refractivity contribution is -0.139. The Bertz CT molecular complexity index is 792. The van der Waals surface area contributed by atoms with E-state index >= 15 is 0 Å².